The zero-order valence-electron chi connectivity index (χ0n) is 12.4. The van der Waals surface area contributed by atoms with Gasteiger partial charge in [0, 0.05) is 37.3 Å². The Bertz CT molecular complexity index is 228. The second kappa shape index (κ2) is 6.17. The lowest BCUT2D eigenvalue weighted by atomic mass is 9.94. The molecule has 2 unspecified atom stereocenters. The molecule has 0 aromatic rings. The largest absolute Gasteiger partial charge is 0.326 e. The first-order valence-corrected chi connectivity index (χ1v) is 7.13. The lowest BCUT2D eigenvalue weighted by Gasteiger charge is -2.49. The molecular formula is C14H31N3. The van der Waals surface area contributed by atoms with Crippen molar-refractivity contribution < 1.29 is 0 Å². The van der Waals surface area contributed by atoms with E-state index in [0.717, 1.165) is 26.1 Å². The molecule has 1 heterocycles. The maximum absolute atomic E-state index is 6.34. The van der Waals surface area contributed by atoms with Gasteiger partial charge in [-0.15, -0.1) is 0 Å². The minimum atomic E-state index is 0.275. The number of hydrogen-bond donors (Lipinski definition) is 1. The average Bonchev–Trinajstić information content (AvgIpc) is 2.24. The first-order valence-electron chi connectivity index (χ1n) is 7.13. The first-order chi connectivity index (χ1) is 7.92. The van der Waals surface area contributed by atoms with Gasteiger partial charge in [0.05, 0.1) is 0 Å². The summed E-state index contributed by atoms with van der Waals surface area (Å²) in [5, 5.41) is 0. The Morgan fingerprint density at radius 3 is 2.35 bits per heavy atom. The maximum Gasteiger partial charge on any atom is 0.0277 e. The highest BCUT2D eigenvalue weighted by Crippen LogP contribution is 2.23. The SMILES string of the molecule is CCCC(N)C(CC)N1CCN(C)C(C)(C)C1. The van der Waals surface area contributed by atoms with Crippen molar-refractivity contribution in [2.75, 3.05) is 26.7 Å². The van der Waals surface area contributed by atoms with Gasteiger partial charge in [-0.1, -0.05) is 20.3 Å². The lowest BCUT2D eigenvalue weighted by molar-refractivity contribution is 0.00888. The molecule has 0 aliphatic carbocycles. The second-order valence-corrected chi connectivity index (χ2v) is 6.13. The molecule has 1 rings (SSSR count). The second-order valence-electron chi connectivity index (χ2n) is 6.13. The fraction of sp³-hybridized carbons (Fsp3) is 1.00. The molecule has 0 spiro atoms. The topological polar surface area (TPSA) is 32.5 Å². The van der Waals surface area contributed by atoms with Crippen LogP contribution in [0.3, 0.4) is 0 Å². The number of nitrogens with two attached hydrogens (primary N) is 1. The van der Waals surface area contributed by atoms with Crippen molar-refractivity contribution in [2.24, 2.45) is 5.73 Å². The summed E-state index contributed by atoms with van der Waals surface area (Å²) >= 11 is 0. The Morgan fingerprint density at radius 2 is 1.88 bits per heavy atom. The quantitative estimate of drug-likeness (QED) is 0.798. The van der Waals surface area contributed by atoms with Gasteiger partial charge in [-0.25, -0.2) is 0 Å². The highest BCUT2D eigenvalue weighted by atomic mass is 15.3. The Balaban J connectivity index is 2.64. The predicted octanol–water partition coefficient (Wildman–Crippen LogP) is 1.92. The van der Waals surface area contributed by atoms with Gasteiger partial charge in [-0.2, -0.15) is 0 Å². The Morgan fingerprint density at radius 1 is 1.24 bits per heavy atom. The van der Waals surface area contributed by atoms with E-state index in [0.29, 0.717) is 12.1 Å². The monoisotopic (exact) mass is 241 g/mol. The number of likely N-dealkylation sites (N-methyl/N-ethyl adjacent to an activating group) is 1. The van der Waals surface area contributed by atoms with Crippen LogP contribution in [0.1, 0.15) is 47.0 Å². The van der Waals surface area contributed by atoms with Crippen LogP contribution in [0, 0.1) is 0 Å². The van der Waals surface area contributed by atoms with E-state index >= 15 is 0 Å². The minimum absolute atomic E-state index is 0.275. The van der Waals surface area contributed by atoms with Crippen LogP contribution >= 0.6 is 0 Å². The van der Waals surface area contributed by atoms with E-state index in [4.69, 9.17) is 5.73 Å². The van der Waals surface area contributed by atoms with E-state index in [1.165, 1.54) is 12.8 Å². The molecule has 0 bridgehead atoms. The smallest absolute Gasteiger partial charge is 0.0277 e. The molecule has 3 heteroatoms. The molecule has 17 heavy (non-hydrogen) atoms. The molecule has 3 nitrogen and oxygen atoms in total. The molecule has 0 aromatic heterocycles. The standard InChI is InChI=1S/C14H31N3/c1-6-8-12(15)13(7-2)17-10-9-16(5)14(3,4)11-17/h12-13H,6-11,15H2,1-5H3. The highest BCUT2D eigenvalue weighted by Gasteiger charge is 2.35. The normalized spacial score (nSPS) is 25.8. The maximum atomic E-state index is 6.34. The van der Waals surface area contributed by atoms with Gasteiger partial charge >= 0.3 is 0 Å². The molecule has 1 aliphatic heterocycles. The zero-order chi connectivity index (χ0) is 13.1. The molecule has 1 aliphatic rings. The van der Waals surface area contributed by atoms with Crippen LogP contribution in [0.2, 0.25) is 0 Å². The molecule has 0 amide bonds. The van der Waals surface area contributed by atoms with E-state index in [1.807, 2.05) is 0 Å². The van der Waals surface area contributed by atoms with Crippen molar-refractivity contribution in [3.8, 4) is 0 Å². The average molecular weight is 241 g/mol. The van der Waals surface area contributed by atoms with Gasteiger partial charge in [-0.3, -0.25) is 9.80 Å². The molecular weight excluding hydrogens is 210 g/mol. The molecule has 0 radical (unpaired) electrons. The van der Waals surface area contributed by atoms with Crippen LogP contribution in [0.25, 0.3) is 0 Å². The minimum Gasteiger partial charge on any atom is -0.326 e. The van der Waals surface area contributed by atoms with Gasteiger partial charge in [0.25, 0.3) is 0 Å². The number of rotatable bonds is 5. The number of nitrogens with zero attached hydrogens (tertiary/aromatic N) is 2. The molecule has 2 N–H and O–H groups in total. The van der Waals surface area contributed by atoms with Gasteiger partial charge < -0.3 is 5.73 Å². The summed E-state index contributed by atoms with van der Waals surface area (Å²) in [7, 11) is 2.23. The van der Waals surface area contributed by atoms with E-state index < -0.39 is 0 Å². The van der Waals surface area contributed by atoms with Crippen molar-refractivity contribution >= 4 is 0 Å². The summed E-state index contributed by atoms with van der Waals surface area (Å²) in [4.78, 5) is 5.07. The summed E-state index contributed by atoms with van der Waals surface area (Å²) in [6.45, 7) is 12.6. The van der Waals surface area contributed by atoms with Crippen molar-refractivity contribution in [3.05, 3.63) is 0 Å². The van der Waals surface area contributed by atoms with Crippen LogP contribution in [0.15, 0.2) is 0 Å². The van der Waals surface area contributed by atoms with E-state index in [1.54, 1.807) is 0 Å². The fourth-order valence-electron chi connectivity index (χ4n) is 2.92. The summed E-state index contributed by atoms with van der Waals surface area (Å²) in [5.41, 5.74) is 6.61. The predicted molar refractivity (Wildman–Crippen MR) is 75.2 cm³/mol. The summed E-state index contributed by atoms with van der Waals surface area (Å²) in [5.74, 6) is 0. The summed E-state index contributed by atoms with van der Waals surface area (Å²) < 4.78 is 0. The van der Waals surface area contributed by atoms with Crippen molar-refractivity contribution in [1.29, 1.82) is 0 Å². The van der Waals surface area contributed by atoms with E-state index in [9.17, 15) is 0 Å². The number of piperazine rings is 1. The first kappa shape index (κ1) is 14.9. The third kappa shape index (κ3) is 3.67. The molecule has 1 fully saturated rings. The Labute approximate surface area is 107 Å². The zero-order valence-corrected chi connectivity index (χ0v) is 12.4. The Kier molecular flexibility index (Phi) is 5.42. The highest BCUT2D eigenvalue weighted by molar-refractivity contribution is 4.93. The fourth-order valence-corrected chi connectivity index (χ4v) is 2.92. The van der Waals surface area contributed by atoms with E-state index in [2.05, 4.69) is 44.5 Å². The van der Waals surface area contributed by atoms with E-state index in [-0.39, 0.29) is 5.54 Å². The molecule has 2 atom stereocenters. The molecule has 0 saturated carbocycles. The number of hydrogen-bond acceptors (Lipinski definition) is 3. The molecule has 0 aromatic carbocycles. The Hall–Kier alpha value is -0.120. The van der Waals surface area contributed by atoms with Crippen LogP contribution < -0.4 is 5.73 Å². The van der Waals surface area contributed by atoms with Gasteiger partial charge in [0.1, 0.15) is 0 Å². The van der Waals surface area contributed by atoms with Crippen molar-refractivity contribution in [1.82, 2.24) is 9.80 Å². The third-order valence-electron chi connectivity index (χ3n) is 4.35. The van der Waals surface area contributed by atoms with Crippen LogP contribution in [0.4, 0.5) is 0 Å². The van der Waals surface area contributed by atoms with Crippen LogP contribution in [-0.4, -0.2) is 54.1 Å². The van der Waals surface area contributed by atoms with Gasteiger partial charge in [0.15, 0.2) is 0 Å². The molecule has 102 valence electrons. The third-order valence-corrected chi connectivity index (χ3v) is 4.35. The summed E-state index contributed by atoms with van der Waals surface area (Å²) in [6.07, 6.45) is 3.50. The lowest BCUT2D eigenvalue weighted by Crippen LogP contribution is -2.62. The van der Waals surface area contributed by atoms with Gasteiger partial charge in [-0.05, 0) is 33.7 Å². The molecule has 1 saturated heterocycles. The summed E-state index contributed by atoms with van der Waals surface area (Å²) in [6, 6.07) is 0.895. The van der Waals surface area contributed by atoms with Crippen molar-refractivity contribution in [3.63, 3.8) is 0 Å². The van der Waals surface area contributed by atoms with Gasteiger partial charge in [0.2, 0.25) is 0 Å². The van der Waals surface area contributed by atoms with Crippen molar-refractivity contribution in [2.45, 2.75) is 64.6 Å². The van der Waals surface area contributed by atoms with Crippen LogP contribution in [-0.2, 0) is 0 Å². The van der Waals surface area contributed by atoms with Crippen LogP contribution in [0.5, 0.6) is 0 Å².